The molecule has 1 aliphatic heterocycles. The molecule has 3 aromatic rings. The lowest BCUT2D eigenvalue weighted by atomic mass is 10.1. The molecule has 4 rings (SSSR count). The molecule has 0 unspecified atom stereocenters. The van der Waals surface area contributed by atoms with Gasteiger partial charge in [-0.2, -0.15) is 0 Å². The Morgan fingerprint density at radius 1 is 0.917 bits per heavy atom. The van der Waals surface area contributed by atoms with Crippen LogP contribution in [0.1, 0.15) is 11.1 Å². The van der Waals surface area contributed by atoms with Gasteiger partial charge in [-0.15, -0.1) is 0 Å². The number of nitrogens with one attached hydrogen (secondary N) is 1. The average Bonchev–Trinajstić information content (AvgIpc) is 2.86. The van der Waals surface area contributed by atoms with Crippen LogP contribution in [0.5, 0.6) is 11.5 Å². The summed E-state index contributed by atoms with van der Waals surface area (Å²) in [6.45, 7) is 4.32. The zero-order chi connectivity index (χ0) is 25.7. The largest absolute Gasteiger partial charge is 0.489 e. The number of anilines is 1. The van der Waals surface area contributed by atoms with Crippen LogP contribution in [-0.2, 0) is 16.2 Å². The lowest BCUT2D eigenvalue weighted by molar-refractivity contribution is -0.122. The van der Waals surface area contributed by atoms with Crippen molar-refractivity contribution >= 4 is 61.5 Å². The molecule has 1 fully saturated rings. The Morgan fingerprint density at radius 2 is 1.64 bits per heavy atom. The summed E-state index contributed by atoms with van der Waals surface area (Å²) in [5.41, 5.74) is 1.71. The van der Waals surface area contributed by atoms with E-state index in [0.717, 1.165) is 14.9 Å². The van der Waals surface area contributed by atoms with E-state index in [0.29, 0.717) is 40.4 Å². The summed E-state index contributed by atoms with van der Waals surface area (Å²) >= 11 is 6.81. The number of ether oxygens (including phenoxy) is 2. The molecule has 3 aromatic carbocycles. The molecule has 0 bridgehead atoms. The van der Waals surface area contributed by atoms with Crippen LogP contribution in [0, 0.1) is 0 Å². The van der Waals surface area contributed by atoms with Gasteiger partial charge in [0.25, 0.3) is 11.8 Å². The topological polar surface area (TPSA) is 84.9 Å². The van der Waals surface area contributed by atoms with Gasteiger partial charge in [-0.3, -0.25) is 14.9 Å². The maximum atomic E-state index is 13.2. The molecule has 0 radical (unpaired) electrons. The third kappa shape index (κ3) is 5.92. The summed E-state index contributed by atoms with van der Waals surface area (Å²) in [4.78, 5) is 39.1. The van der Waals surface area contributed by atoms with Crippen molar-refractivity contribution in [2.75, 3.05) is 11.5 Å². The highest BCUT2D eigenvalue weighted by Crippen LogP contribution is 2.29. The molecule has 7 nitrogen and oxygen atoms in total. The van der Waals surface area contributed by atoms with Crippen LogP contribution in [-0.4, -0.2) is 24.5 Å². The molecule has 1 aliphatic rings. The number of carbonyl (C=O) groups excluding carboxylic acids is 3. The number of hydrogen-bond acceptors (Lipinski definition) is 5. The van der Waals surface area contributed by atoms with E-state index in [2.05, 4.69) is 43.8 Å². The van der Waals surface area contributed by atoms with Gasteiger partial charge < -0.3 is 9.47 Å². The van der Waals surface area contributed by atoms with Crippen LogP contribution >= 0.6 is 31.9 Å². The van der Waals surface area contributed by atoms with Gasteiger partial charge >= 0.3 is 6.03 Å². The molecule has 4 amide bonds. The third-order valence-corrected chi connectivity index (χ3v) is 6.29. The van der Waals surface area contributed by atoms with Crippen LogP contribution < -0.4 is 19.7 Å². The Bertz CT molecular complexity index is 1350. The van der Waals surface area contributed by atoms with Crippen LogP contribution in [0.15, 0.2) is 93.9 Å². The monoisotopic (exact) mass is 610 g/mol. The van der Waals surface area contributed by atoms with Crippen LogP contribution in [0.4, 0.5) is 10.5 Å². The summed E-state index contributed by atoms with van der Waals surface area (Å²) in [5.74, 6) is -0.327. The number of carbonyl (C=O) groups is 3. The maximum absolute atomic E-state index is 13.2. The van der Waals surface area contributed by atoms with Gasteiger partial charge in [0, 0.05) is 4.47 Å². The van der Waals surface area contributed by atoms with E-state index in [1.54, 1.807) is 48.5 Å². The molecule has 1 saturated heterocycles. The van der Waals surface area contributed by atoms with E-state index in [1.807, 2.05) is 24.3 Å². The van der Waals surface area contributed by atoms with E-state index in [1.165, 1.54) is 6.08 Å². The predicted octanol–water partition coefficient (Wildman–Crippen LogP) is 6.02. The van der Waals surface area contributed by atoms with Gasteiger partial charge in [0.2, 0.25) is 0 Å². The van der Waals surface area contributed by atoms with Gasteiger partial charge in [0.05, 0.1) is 10.2 Å². The van der Waals surface area contributed by atoms with E-state index in [4.69, 9.17) is 9.47 Å². The molecule has 0 atom stereocenters. The third-order valence-electron chi connectivity index (χ3n) is 5.14. The number of hydrogen-bond donors (Lipinski definition) is 1. The second-order valence-corrected chi connectivity index (χ2v) is 9.43. The highest BCUT2D eigenvalue weighted by molar-refractivity contribution is 9.10. The second-order valence-electron chi connectivity index (χ2n) is 7.66. The van der Waals surface area contributed by atoms with Crippen molar-refractivity contribution in [3.63, 3.8) is 0 Å². The van der Waals surface area contributed by atoms with Crippen LogP contribution in [0.2, 0.25) is 0 Å². The van der Waals surface area contributed by atoms with Crippen molar-refractivity contribution in [3.8, 4) is 11.5 Å². The number of nitrogens with zero attached hydrogens (tertiary/aromatic N) is 1. The van der Waals surface area contributed by atoms with Crippen molar-refractivity contribution in [3.05, 3.63) is 105 Å². The first-order valence-corrected chi connectivity index (χ1v) is 12.4. The first-order valence-electron chi connectivity index (χ1n) is 10.8. The van der Waals surface area contributed by atoms with Gasteiger partial charge in [-0.05, 0) is 81.7 Å². The molecule has 182 valence electrons. The number of barbiturate groups is 1. The Kier molecular flexibility index (Phi) is 8.02. The highest BCUT2D eigenvalue weighted by Gasteiger charge is 2.36. The number of urea groups is 1. The quantitative estimate of drug-likeness (QED) is 0.191. The molecule has 36 heavy (non-hydrogen) atoms. The first kappa shape index (κ1) is 25.4. The Balaban J connectivity index is 1.51. The van der Waals surface area contributed by atoms with E-state index < -0.39 is 17.8 Å². The Hall–Kier alpha value is -3.69. The Morgan fingerprint density at radius 3 is 2.31 bits per heavy atom. The van der Waals surface area contributed by atoms with Crippen molar-refractivity contribution in [2.45, 2.75) is 6.61 Å². The summed E-state index contributed by atoms with van der Waals surface area (Å²) in [5, 5.41) is 2.22. The van der Waals surface area contributed by atoms with E-state index in [9.17, 15) is 14.4 Å². The normalized spacial score (nSPS) is 14.6. The lowest BCUT2D eigenvalue weighted by Crippen LogP contribution is -2.54. The number of benzene rings is 3. The second kappa shape index (κ2) is 11.4. The highest BCUT2D eigenvalue weighted by atomic mass is 79.9. The molecule has 0 saturated carbocycles. The lowest BCUT2D eigenvalue weighted by Gasteiger charge is -2.26. The summed E-state index contributed by atoms with van der Waals surface area (Å²) in [6, 6.07) is 18.5. The number of halogens is 2. The van der Waals surface area contributed by atoms with Crippen molar-refractivity contribution in [1.29, 1.82) is 0 Å². The zero-order valence-electron chi connectivity index (χ0n) is 18.9. The molecule has 0 spiro atoms. The Labute approximate surface area is 224 Å². The van der Waals surface area contributed by atoms with Crippen molar-refractivity contribution in [2.24, 2.45) is 0 Å². The minimum absolute atomic E-state index is 0.170. The molecular weight excluding hydrogens is 592 g/mol. The standard InChI is InChI=1S/C27H20Br2N2O5/c1-2-13-35-24-12-5-18(15-23(24)29)14-22-25(32)30-27(34)31(26(22)33)20-8-10-21(11-9-20)36-16-17-3-6-19(28)7-4-17/h2-12,14-15H,1,13,16H2,(H,30,32,34)/b22-14+. The summed E-state index contributed by atoms with van der Waals surface area (Å²) in [7, 11) is 0. The smallest absolute Gasteiger partial charge is 0.335 e. The average molecular weight is 612 g/mol. The number of rotatable bonds is 8. The number of imide groups is 2. The predicted molar refractivity (Wildman–Crippen MR) is 144 cm³/mol. The summed E-state index contributed by atoms with van der Waals surface area (Å²) in [6.07, 6.45) is 3.05. The molecular formula is C27H20Br2N2O5. The fourth-order valence-electron chi connectivity index (χ4n) is 3.37. The fourth-order valence-corrected chi connectivity index (χ4v) is 4.15. The zero-order valence-corrected chi connectivity index (χ0v) is 22.0. The maximum Gasteiger partial charge on any atom is 0.335 e. The summed E-state index contributed by atoms with van der Waals surface area (Å²) < 4.78 is 12.9. The van der Waals surface area contributed by atoms with Crippen molar-refractivity contribution < 1.29 is 23.9 Å². The van der Waals surface area contributed by atoms with E-state index >= 15 is 0 Å². The molecule has 1 N–H and O–H groups in total. The van der Waals surface area contributed by atoms with E-state index in [-0.39, 0.29) is 5.57 Å². The van der Waals surface area contributed by atoms with Gasteiger partial charge in [0.15, 0.2) is 0 Å². The molecule has 9 heteroatoms. The number of amides is 4. The molecule has 1 heterocycles. The molecule has 0 aliphatic carbocycles. The fraction of sp³-hybridized carbons (Fsp3) is 0.0741. The van der Waals surface area contributed by atoms with Crippen LogP contribution in [0.25, 0.3) is 6.08 Å². The minimum Gasteiger partial charge on any atom is -0.489 e. The SMILES string of the molecule is C=CCOc1ccc(/C=C2\C(=O)NC(=O)N(c3ccc(OCc4ccc(Br)cc4)cc3)C2=O)cc1Br. The molecule has 0 aromatic heterocycles. The first-order chi connectivity index (χ1) is 17.4. The minimum atomic E-state index is -0.819. The van der Waals surface area contributed by atoms with Crippen molar-refractivity contribution in [1.82, 2.24) is 5.32 Å². The van der Waals surface area contributed by atoms with Crippen LogP contribution in [0.3, 0.4) is 0 Å². The van der Waals surface area contributed by atoms with Gasteiger partial charge in [0.1, 0.15) is 30.3 Å². The van der Waals surface area contributed by atoms with Gasteiger partial charge in [-0.1, -0.05) is 46.8 Å². The van der Waals surface area contributed by atoms with Gasteiger partial charge in [-0.25, -0.2) is 9.69 Å².